The quantitative estimate of drug-likeness (QED) is 0.643. The summed E-state index contributed by atoms with van der Waals surface area (Å²) < 4.78 is 15.2. The van der Waals surface area contributed by atoms with Crippen LogP contribution in [0.4, 0.5) is 10.1 Å². The van der Waals surface area contributed by atoms with Crippen molar-refractivity contribution in [3.8, 4) is 0 Å². The number of rotatable bonds is 4. The Bertz CT molecular complexity index is 1060. The molecule has 0 spiro atoms. The minimum atomic E-state index is -0.540. The molecule has 2 unspecified atom stereocenters. The van der Waals surface area contributed by atoms with E-state index in [4.69, 9.17) is 11.6 Å². The average molecular weight is 432 g/mol. The summed E-state index contributed by atoms with van der Waals surface area (Å²) in [5.41, 5.74) is 5.67. The van der Waals surface area contributed by atoms with Gasteiger partial charge in [-0.2, -0.15) is 0 Å². The molecule has 0 aliphatic carbocycles. The standard InChI is InChI=1S/C20H19ClFN5OS/c1-3-16-24-25-20-27(16)26-17(12-5-7-13(22)8-6-12)18(29-20)19(28)23-14-9-4-11(2)15(21)10-14/h4-10,17-18,26H,3H2,1-2H3,(H,23,28). The third-order valence-corrected chi connectivity index (χ3v) is 6.37. The van der Waals surface area contributed by atoms with Crippen molar-refractivity contribution >= 4 is 35.0 Å². The summed E-state index contributed by atoms with van der Waals surface area (Å²) in [4.78, 5) is 13.2. The molecule has 3 aromatic rings. The van der Waals surface area contributed by atoms with Gasteiger partial charge in [-0.3, -0.25) is 4.79 Å². The number of nitrogens with one attached hydrogen (secondary N) is 2. The second-order valence-corrected chi connectivity index (χ2v) is 8.25. The monoisotopic (exact) mass is 431 g/mol. The van der Waals surface area contributed by atoms with Gasteiger partial charge in [-0.25, -0.2) is 9.07 Å². The molecule has 0 saturated heterocycles. The van der Waals surface area contributed by atoms with Gasteiger partial charge in [0.15, 0.2) is 5.82 Å². The molecule has 4 rings (SSSR count). The first-order chi connectivity index (χ1) is 14.0. The van der Waals surface area contributed by atoms with E-state index in [1.165, 1.54) is 23.9 Å². The molecule has 0 saturated carbocycles. The molecule has 1 amide bonds. The van der Waals surface area contributed by atoms with Gasteiger partial charge in [0.1, 0.15) is 11.1 Å². The minimum absolute atomic E-state index is 0.205. The maximum Gasteiger partial charge on any atom is 0.240 e. The van der Waals surface area contributed by atoms with Gasteiger partial charge in [-0.05, 0) is 42.3 Å². The van der Waals surface area contributed by atoms with Crippen LogP contribution in [0, 0.1) is 12.7 Å². The Morgan fingerprint density at radius 2 is 2.03 bits per heavy atom. The maximum absolute atomic E-state index is 13.4. The predicted octanol–water partition coefficient (Wildman–Crippen LogP) is 4.34. The number of amides is 1. The predicted molar refractivity (Wildman–Crippen MR) is 112 cm³/mol. The van der Waals surface area contributed by atoms with Crippen molar-refractivity contribution in [1.82, 2.24) is 14.9 Å². The number of thioether (sulfide) groups is 1. The summed E-state index contributed by atoms with van der Waals surface area (Å²) in [7, 11) is 0. The second kappa shape index (κ2) is 8.04. The molecular weight excluding hydrogens is 413 g/mol. The molecule has 150 valence electrons. The molecule has 0 fully saturated rings. The minimum Gasteiger partial charge on any atom is -0.325 e. The van der Waals surface area contributed by atoms with Crippen LogP contribution in [0.2, 0.25) is 5.02 Å². The summed E-state index contributed by atoms with van der Waals surface area (Å²) in [5, 5.41) is 11.9. The van der Waals surface area contributed by atoms with Crippen molar-refractivity contribution in [2.24, 2.45) is 0 Å². The van der Waals surface area contributed by atoms with E-state index in [-0.39, 0.29) is 11.7 Å². The van der Waals surface area contributed by atoms with Crippen molar-refractivity contribution in [1.29, 1.82) is 0 Å². The third-order valence-electron chi connectivity index (χ3n) is 4.75. The number of aryl methyl sites for hydroxylation is 2. The van der Waals surface area contributed by atoms with Crippen LogP contribution in [0.3, 0.4) is 0 Å². The van der Waals surface area contributed by atoms with E-state index in [2.05, 4.69) is 20.9 Å². The number of hydrogen-bond donors (Lipinski definition) is 2. The van der Waals surface area contributed by atoms with E-state index in [1.807, 2.05) is 26.0 Å². The van der Waals surface area contributed by atoms with Gasteiger partial charge in [0.05, 0.1) is 6.04 Å². The molecule has 9 heteroatoms. The number of anilines is 1. The molecule has 2 atom stereocenters. The summed E-state index contributed by atoms with van der Waals surface area (Å²) in [6.07, 6.45) is 0.690. The van der Waals surface area contributed by atoms with Crippen molar-refractivity contribution in [3.63, 3.8) is 0 Å². The number of aromatic nitrogens is 3. The zero-order chi connectivity index (χ0) is 20.5. The third kappa shape index (κ3) is 3.95. The lowest BCUT2D eigenvalue weighted by atomic mass is 10.0. The first kappa shape index (κ1) is 19.7. The fourth-order valence-electron chi connectivity index (χ4n) is 3.13. The van der Waals surface area contributed by atoms with E-state index in [0.29, 0.717) is 22.3 Å². The average Bonchev–Trinajstić information content (AvgIpc) is 3.12. The van der Waals surface area contributed by atoms with E-state index in [9.17, 15) is 9.18 Å². The number of fused-ring (bicyclic) bond motifs is 1. The maximum atomic E-state index is 13.4. The second-order valence-electron chi connectivity index (χ2n) is 6.74. The largest absolute Gasteiger partial charge is 0.325 e. The molecule has 6 nitrogen and oxygen atoms in total. The SMILES string of the molecule is CCc1nnc2n1NC(c1ccc(F)cc1)C(C(=O)Nc1ccc(C)c(Cl)c1)S2. The molecule has 1 aromatic heterocycles. The Labute approximate surface area is 176 Å². The molecule has 1 aliphatic rings. The van der Waals surface area contributed by atoms with E-state index < -0.39 is 11.3 Å². The van der Waals surface area contributed by atoms with Crippen LogP contribution in [0.25, 0.3) is 0 Å². The van der Waals surface area contributed by atoms with Crippen LogP contribution in [0.1, 0.15) is 29.9 Å². The fraction of sp³-hybridized carbons (Fsp3) is 0.250. The van der Waals surface area contributed by atoms with Crippen LogP contribution in [0.15, 0.2) is 47.6 Å². The zero-order valence-corrected chi connectivity index (χ0v) is 17.4. The molecule has 2 aromatic carbocycles. The number of hydrogen-bond acceptors (Lipinski definition) is 5. The van der Waals surface area contributed by atoms with Gasteiger partial charge in [-0.15, -0.1) is 10.2 Å². The highest BCUT2D eigenvalue weighted by Gasteiger charge is 2.37. The van der Waals surface area contributed by atoms with Crippen LogP contribution in [-0.2, 0) is 11.2 Å². The lowest BCUT2D eigenvalue weighted by Crippen LogP contribution is -2.41. The van der Waals surface area contributed by atoms with Gasteiger partial charge < -0.3 is 10.7 Å². The molecule has 2 heterocycles. The van der Waals surface area contributed by atoms with Gasteiger partial charge in [0.25, 0.3) is 0 Å². The number of nitrogens with zero attached hydrogens (tertiary/aromatic N) is 3. The van der Waals surface area contributed by atoms with Gasteiger partial charge >= 0.3 is 0 Å². The van der Waals surface area contributed by atoms with Gasteiger partial charge in [0.2, 0.25) is 11.1 Å². The topological polar surface area (TPSA) is 71.8 Å². The summed E-state index contributed by atoms with van der Waals surface area (Å²) >= 11 is 7.51. The van der Waals surface area contributed by atoms with Crippen molar-refractivity contribution in [3.05, 3.63) is 70.3 Å². The van der Waals surface area contributed by atoms with E-state index in [0.717, 1.165) is 17.0 Å². The highest BCUT2D eigenvalue weighted by molar-refractivity contribution is 8.00. The molecule has 1 aliphatic heterocycles. The highest BCUT2D eigenvalue weighted by atomic mass is 35.5. The van der Waals surface area contributed by atoms with Crippen LogP contribution >= 0.6 is 23.4 Å². The lowest BCUT2D eigenvalue weighted by Gasteiger charge is -2.33. The zero-order valence-electron chi connectivity index (χ0n) is 15.8. The number of benzene rings is 2. The summed E-state index contributed by atoms with van der Waals surface area (Å²) in [5.74, 6) is 0.236. The van der Waals surface area contributed by atoms with Crippen LogP contribution in [0.5, 0.6) is 0 Å². The van der Waals surface area contributed by atoms with Crippen LogP contribution in [-0.4, -0.2) is 26.0 Å². The highest BCUT2D eigenvalue weighted by Crippen LogP contribution is 2.37. The fourth-order valence-corrected chi connectivity index (χ4v) is 4.41. The lowest BCUT2D eigenvalue weighted by molar-refractivity contribution is -0.116. The van der Waals surface area contributed by atoms with Crippen molar-refractivity contribution in [2.75, 3.05) is 10.7 Å². The van der Waals surface area contributed by atoms with Crippen molar-refractivity contribution < 1.29 is 9.18 Å². The smallest absolute Gasteiger partial charge is 0.240 e. The Kier molecular flexibility index (Phi) is 5.47. The van der Waals surface area contributed by atoms with Crippen molar-refractivity contribution in [2.45, 2.75) is 36.7 Å². The summed E-state index contributed by atoms with van der Waals surface area (Å²) in [6, 6.07) is 11.1. The molecule has 29 heavy (non-hydrogen) atoms. The first-order valence-electron chi connectivity index (χ1n) is 9.16. The van der Waals surface area contributed by atoms with E-state index in [1.54, 1.807) is 22.9 Å². The molecule has 0 radical (unpaired) electrons. The molecular formula is C20H19ClFN5OS. The normalized spacial score (nSPS) is 18.1. The summed E-state index contributed by atoms with van der Waals surface area (Å²) in [6.45, 7) is 3.88. The molecule has 0 bridgehead atoms. The Hall–Kier alpha value is -2.58. The Balaban J connectivity index is 1.66. The van der Waals surface area contributed by atoms with Gasteiger partial charge in [0, 0.05) is 17.1 Å². The Morgan fingerprint density at radius 3 is 2.72 bits per heavy atom. The number of carbonyl (C=O) groups is 1. The molecule has 2 N–H and O–H groups in total. The van der Waals surface area contributed by atoms with Crippen LogP contribution < -0.4 is 10.7 Å². The van der Waals surface area contributed by atoms with E-state index >= 15 is 0 Å². The van der Waals surface area contributed by atoms with Gasteiger partial charge in [-0.1, -0.05) is 48.5 Å². The first-order valence-corrected chi connectivity index (χ1v) is 10.4. The Morgan fingerprint density at radius 1 is 1.28 bits per heavy atom. The number of halogens is 2. The number of carbonyl (C=O) groups excluding carboxylic acids is 1.